The van der Waals surface area contributed by atoms with Gasteiger partial charge < -0.3 is 4.74 Å². The van der Waals surface area contributed by atoms with Crippen LogP contribution in [-0.2, 0) is 4.74 Å². The number of allylic oxidation sites excluding steroid dienone is 2. The third kappa shape index (κ3) is 1.02. The van der Waals surface area contributed by atoms with E-state index < -0.39 is 14.1 Å². The minimum atomic E-state index is -1.50. The molecule has 0 radical (unpaired) electrons. The smallest absolute Gasteiger partial charge is 0.166 e. The standard InChI is InChI=1S/C10H5Cl7O/c11-3-1-2(4-5(3)18-4)9(15)7(13)6(12)8(1,14)10(9,16)17/h1-5H/t1?,2?,3?,4?,5?,8-,9+/m0/s1. The molecular formula is C10H5Cl7O. The zero-order valence-electron chi connectivity index (χ0n) is 8.44. The predicted octanol–water partition coefficient (Wildman–Crippen LogP) is 4.45. The molecule has 0 N–H and O–H groups in total. The summed E-state index contributed by atoms with van der Waals surface area (Å²) in [5, 5.41) is 0.111. The molecule has 1 heterocycles. The number of halogens is 7. The predicted molar refractivity (Wildman–Crippen MR) is 75.6 cm³/mol. The molecule has 100 valence electrons. The molecule has 18 heavy (non-hydrogen) atoms. The molecular weight excluding hydrogens is 384 g/mol. The quantitative estimate of drug-likeness (QED) is 0.441. The average molecular weight is 389 g/mol. The van der Waals surface area contributed by atoms with Gasteiger partial charge in [0.05, 0.1) is 21.5 Å². The van der Waals surface area contributed by atoms with E-state index in [0.29, 0.717) is 0 Å². The van der Waals surface area contributed by atoms with E-state index in [2.05, 4.69) is 0 Å². The summed E-state index contributed by atoms with van der Waals surface area (Å²) < 4.78 is 4.00. The third-order valence-corrected chi connectivity index (χ3v) is 9.44. The van der Waals surface area contributed by atoms with Gasteiger partial charge in [0.15, 0.2) is 4.33 Å². The number of alkyl halides is 5. The molecule has 7 atom stereocenters. The number of ether oxygens (including phenoxy) is 1. The van der Waals surface area contributed by atoms with Gasteiger partial charge in [0.1, 0.15) is 15.9 Å². The second kappa shape index (κ2) is 3.38. The monoisotopic (exact) mass is 386 g/mol. The molecule has 1 aliphatic heterocycles. The Balaban J connectivity index is 2.01. The first-order chi connectivity index (χ1) is 8.20. The van der Waals surface area contributed by atoms with Crippen molar-refractivity contribution in [2.45, 2.75) is 31.7 Å². The molecule has 0 spiro atoms. The zero-order chi connectivity index (χ0) is 13.2. The van der Waals surface area contributed by atoms with Crippen LogP contribution < -0.4 is 0 Å². The van der Waals surface area contributed by atoms with Crippen LogP contribution in [0.5, 0.6) is 0 Å². The third-order valence-electron chi connectivity index (χ3n) is 4.62. The van der Waals surface area contributed by atoms with Crippen molar-refractivity contribution in [3.05, 3.63) is 10.1 Å². The number of fused-ring (bicyclic) bond motifs is 7. The normalized spacial score (nSPS) is 63.2. The van der Waals surface area contributed by atoms with Crippen molar-refractivity contribution in [1.29, 1.82) is 0 Å². The Morgan fingerprint density at radius 1 is 0.833 bits per heavy atom. The summed E-state index contributed by atoms with van der Waals surface area (Å²) in [5.74, 6) is -0.457. The Morgan fingerprint density at radius 3 is 1.89 bits per heavy atom. The van der Waals surface area contributed by atoms with E-state index in [-0.39, 0.29) is 39.5 Å². The summed E-state index contributed by atoms with van der Waals surface area (Å²) >= 11 is 45.0. The topological polar surface area (TPSA) is 12.5 Å². The molecule has 3 fully saturated rings. The largest absolute Gasteiger partial charge is 0.368 e. The number of hydrogen-bond donors (Lipinski definition) is 0. The minimum Gasteiger partial charge on any atom is -0.368 e. The van der Waals surface area contributed by atoms with Crippen LogP contribution in [0.1, 0.15) is 0 Å². The molecule has 0 amide bonds. The molecule has 1 saturated heterocycles. The van der Waals surface area contributed by atoms with Crippen LogP contribution in [0.4, 0.5) is 0 Å². The lowest BCUT2D eigenvalue weighted by Crippen LogP contribution is -2.46. The summed E-state index contributed by atoms with van der Waals surface area (Å²) in [4.78, 5) is -2.48. The fraction of sp³-hybridized carbons (Fsp3) is 0.800. The van der Waals surface area contributed by atoms with Crippen LogP contribution in [0.25, 0.3) is 0 Å². The first-order valence-corrected chi connectivity index (χ1v) is 8.02. The Kier molecular flexibility index (Phi) is 2.52. The number of epoxide rings is 1. The van der Waals surface area contributed by atoms with Crippen LogP contribution in [0.15, 0.2) is 10.1 Å². The average Bonchev–Trinajstić information content (AvgIpc) is 2.98. The fourth-order valence-electron chi connectivity index (χ4n) is 3.80. The second-order valence-electron chi connectivity index (χ2n) is 5.19. The molecule has 3 aliphatic carbocycles. The molecule has 0 aromatic heterocycles. The highest BCUT2D eigenvalue weighted by molar-refractivity contribution is 6.66. The van der Waals surface area contributed by atoms with Gasteiger partial charge in [-0.15, -0.1) is 34.8 Å². The van der Waals surface area contributed by atoms with E-state index >= 15 is 0 Å². The summed E-state index contributed by atoms with van der Waals surface area (Å²) in [7, 11) is 0. The highest BCUT2D eigenvalue weighted by Gasteiger charge is 2.89. The van der Waals surface area contributed by atoms with Gasteiger partial charge in [-0.1, -0.05) is 46.4 Å². The molecule has 5 unspecified atom stereocenters. The highest BCUT2D eigenvalue weighted by atomic mass is 35.5. The van der Waals surface area contributed by atoms with E-state index in [9.17, 15) is 0 Å². The second-order valence-corrected chi connectivity index (χ2v) is 8.97. The van der Waals surface area contributed by atoms with Gasteiger partial charge >= 0.3 is 0 Å². The maximum atomic E-state index is 6.65. The van der Waals surface area contributed by atoms with Crippen LogP contribution >= 0.6 is 81.2 Å². The Morgan fingerprint density at radius 2 is 1.33 bits per heavy atom. The fourth-order valence-corrected chi connectivity index (χ4v) is 7.49. The first kappa shape index (κ1) is 13.4. The van der Waals surface area contributed by atoms with Crippen LogP contribution in [0, 0.1) is 11.8 Å². The van der Waals surface area contributed by atoms with Crippen molar-refractivity contribution in [2.75, 3.05) is 0 Å². The van der Waals surface area contributed by atoms with E-state index in [1.165, 1.54) is 0 Å². The van der Waals surface area contributed by atoms with E-state index in [1.807, 2.05) is 0 Å². The van der Waals surface area contributed by atoms with Crippen molar-refractivity contribution in [1.82, 2.24) is 0 Å². The summed E-state index contributed by atoms with van der Waals surface area (Å²) in [5.41, 5.74) is 0. The summed E-state index contributed by atoms with van der Waals surface area (Å²) in [6.45, 7) is 0. The van der Waals surface area contributed by atoms with Crippen LogP contribution in [0.3, 0.4) is 0 Å². The Bertz CT molecular complexity index is 476. The van der Waals surface area contributed by atoms with Crippen molar-refractivity contribution in [3.63, 3.8) is 0 Å². The lowest BCUT2D eigenvalue weighted by Gasteiger charge is -2.35. The molecule has 2 bridgehead atoms. The van der Waals surface area contributed by atoms with Crippen molar-refractivity contribution in [2.24, 2.45) is 11.8 Å². The van der Waals surface area contributed by atoms with Gasteiger partial charge in [0.2, 0.25) is 0 Å². The van der Waals surface area contributed by atoms with Gasteiger partial charge in [-0.3, -0.25) is 0 Å². The van der Waals surface area contributed by atoms with Gasteiger partial charge in [0, 0.05) is 11.8 Å². The summed E-state index contributed by atoms with van der Waals surface area (Å²) in [6, 6.07) is 0. The highest BCUT2D eigenvalue weighted by Crippen LogP contribution is 2.81. The van der Waals surface area contributed by atoms with Gasteiger partial charge in [-0.25, -0.2) is 0 Å². The molecule has 8 heteroatoms. The Hall–Kier alpha value is 1.73. The van der Waals surface area contributed by atoms with E-state index in [1.54, 1.807) is 0 Å². The van der Waals surface area contributed by atoms with Gasteiger partial charge in [0.25, 0.3) is 0 Å². The summed E-state index contributed by atoms with van der Waals surface area (Å²) in [6.07, 6.45) is -0.152. The first-order valence-electron chi connectivity index (χ1n) is 5.32. The van der Waals surface area contributed by atoms with Gasteiger partial charge in [-0.05, 0) is 0 Å². The molecule has 0 aromatic rings. The zero-order valence-corrected chi connectivity index (χ0v) is 13.7. The molecule has 0 aromatic carbocycles. The molecule has 1 nitrogen and oxygen atoms in total. The number of rotatable bonds is 0. The Labute approximate surface area is 139 Å². The van der Waals surface area contributed by atoms with E-state index in [4.69, 9.17) is 85.9 Å². The maximum absolute atomic E-state index is 6.65. The van der Waals surface area contributed by atoms with Crippen LogP contribution in [0.2, 0.25) is 0 Å². The van der Waals surface area contributed by atoms with Crippen LogP contribution in [-0.4, -0.2) is 31.7 Å². The van der Waals surface area contributed by atoms with E-state index in [0.717, 1.165) is 0 Å². The lowest BCUT2D eigenvalue weighted by molar-refractivity contribution is 0.204. The lowest BCUT2D eigenvalue weighted by atomic mass is 9.83. The molecule has 4 rings (SSSR count). The van der Waals surface area contributed by atoms with Crippen molar-refractivity contribution < 1.29 is 4.74 Å². The SMILES string of the molecule is ClC1=C(Cl)[C@]2(Cl)C3C4OC4C(Cl)C3[C@@]1(Cl)C2(Cl)Cl. The number of hydrogen-bond acceptors (Lipinski definition) is 1. The van der Waals surface area contributed by atoms with Crippen molar-refractivity contribution >= 4 is 81.2 Å². The maximum Gasteiger partial charge on any atom is 0.166 e. The molecule has 4 aliphatic rings. The van der Waals surface area contributed by atoms with Crippen molar-refractivity contribution in [3.8, 4) is 0 Å². The van der Waals surface area contributed by atoms with Gasteiger partial charge in [-0.2, -0.15) is 0 Å². The minimum absolute atomic E-state index is 0.0608. The molecule has 2 saturated carbocycles.